The Morgan fingerprint density at radius 2 is 2.56 bits per heavy atom. The monoisotopic (exact) mass is 245 g/mol. The van der Waals surface area contributed by atoms with Crippen LogP contribution in [-0.4, -0.2) is 37.7 Å². The van der Waals surface area contributed by atoms with E-state index in [4.69, 9.17) is 15.1 Å². The van der Waals surface area contributed by atoms with E-state index < -0.39 is 11.9 Å². The summed E-state index contributed by atoms with van der Waals surface area (Å²) in [5, 5.41) is 17.5. The molecule has 1 fully saturated rings. The van der Waals surface area contributed by atoms with Gasteiger partial charge in [-0.1, -0.05) is 0 Å². The van der Waals surface area contributed by atoms with Crippen LogP contribution in [0.15, 0.2) is 17.1 Å². The summed E-state index contributed by atoms with van der Waals surface area (Å²) in [6, 6.07) is 1.46. The maximum Gasteiger partial charge on any atom is 0.351 e. The van der Waals surface area contributed by atoms with Crippen LogP contribution >= 0.6 is 11.8 Å². The largest absolute Gasteiger partial charge is 0.393 e. The van der Waals surface area contributed by atoms with Crippen LogP contribution in [0.1, 0.15) is 6.23 Å². The molecule has 2 atom stereocenters. The summed E-state index contributed by atoms with van der Waals surface area (Å²) in [4.78, 5) is 15.1. The fourth-order valence-corrected chi connectivity index (χ4v) is 2.31. The highest BCUT2D eigenvalue weighted by atomic mass is 32.2. The average Bonchev–Trinajstić information content (AvgIpc) is 2.77. The minimum atomic E-state index is -0.511. The molecule has 0 unspecified atom stereocenters. The maximum atomic E-state index is 11.5. The van der Waals surface area contributed by atoms with Crippen molar-refractivity contribution in [2.24, 2.45) is 0 Å². The Labute approximate surface area is 95.0 Å². The molecule has 1 aliphatic heterocycles. The van der Waals surface area contributed by atoms with Gasteiger partial charge >= 0.3 is 5.69 Å². The fraction of sp³-hybridized carbons (Fsp3) is 0.500. The van der Waals surface area contributed by atoms with E-state index >= 15 is 0 Å². The van der Waals surface area contributed by atoms with E-state index in [0.717, 1.165) is 0 Å². The van der Waals surface area contributed by atoms with Gasteiger partial charge in [0, 0.05) is 11.9 Å². The summed E-state index contributed by atoms with van der Waals surface area (Å²) in [5.41, 5.74) is 0.986. The van der Waals surface area contributed by atoms with E-state index in [-0.39, 0.29) is 17.9 Å². The molecule has 0 aliphatic carbocycles. The van der Waals surface area contributed by atoms with Gasteiger partial charge in [0.15, 0.2) is 5.82 Å². The zero-order chi connectivity index (χ0) is 11.5. The molecule has 0 amide bonds. The molecular weight excluding hydrogens is 234 g/mol. The van der Waals surface area contributed by atoms with Crippen molar-refractivity contribution in [3.63, 3.8) is 0 Å². The molecule has 7 nitrogen and oxygen atoms in total. The zero-order valence-corrected chi connectivity index (χ0v) is 9.05. The number of nitrogens with one attached hydrogen (secondary N) is 1. The standard InChI is InChI=1S/C8H11N3O4S/c12-3-7-15-6(4-16-7)11-2-1-5(10-14)9-8(11)13/h1-2,6-7,12,14H,3-4H2,(H,9,10,13)/t6-,7+/m0/s1. The summed E-state index contributed by atoms with van der Waals surface area (Å²) < 4.78 is 6.73. The van der Waals surface area contributed by atoms with Gasteiger partial charge in [0.2, 0.25) is 0 Å². The first-order chi connectivity index (χ1) is 7.74. The molecule has 0 bridgehead atoms. The number of aromatic nitrogens is 2. The molecular formula is C8H11N3O4S. The van der Waals surface area contributed by atoms with E-state index in [1.165, 1.54) is 28.6 Å². The van der Waals surface area contributed by atoms with Gasteiger partial charge in [-0.2, -0.15) is 4.98 Å². The lowest BCUT2D eigenvalue weighted by Crippen LogP contribution is -2.28. The summed E-state index contributed by atoms with van der Waals surface area (Å²) in [6.07, 6.45) is 1.06. The van der Waals surface area contributed by atoms with Crippen LogP contribution in [0, 0.1) is 0 Å². The number of aliphatic hydroxyl groups is 1. The molecule has 2 heterocycles. The molecule has 1 saturated heterocycles. The third-order valence-electron chi connectivity index (χ3n) is 2.14. The normalized spacial score (nSPS) is 24.6. The smallest absolute Gasteiger partial charge is 0.351 e. The Morgan fingerprint density at radius 1 is 1.75 bits per heavy atom. The maximum absolute atomic E-state index is 11.5. The topological polar surface area (TPSA) is 96.6 Å². The van der Waals surface area contributed by atoms with E-state index in [0.29, 0.717) is 5.75 Å². The molecule has 88 valence electrons. The first-order valence-electron chi connectivity index (χ1n) is 4.62. The van der Waals surface area contributed by atoms with Gasteiger partial charge in [0.25, 0.3) is 0 Å². The van der Waals surface area contributed by atoms with Crippen molar-refractivity contribution in [2.45, 2.75) is 11.7 Å². The van der Waals surface area contributed by atoms with Gasteiger partial charge in [-0.05, 0) is 6.07 Å². The Hall–Kier alpha value is -1.09. The predicted molar refractivity (Wildman–Crippen MR) is 57.4 cm³/mol. The number of nitrogens with zero attached hydrogens (tertiary/aromatic N) is 2. The molecule has 3 N–H and O–H groups in total. The molecule has 16 heavy (non-hydrogen) atoms. The summed E-state index contributed by atoms with van der Waals surface area (Å²) in [7, 11) is 0. The molecule has 0 aromatic carbocycles. The SMILES string of the molecule is O=c1nc(NO)ccn1[C@@H]1CS[C@H](CO)O1. The van der Waals surface area contributed by atoms with Crippen LogP contribution in [0.25, 0.3) is 0 Å². The minimum absolute atomic E-state index is 0.0837. The lowest BCUT2D eigenvalue weighted by Gasteiger charge is -2.13. The van der Waals surface area contributed by atoms with Crippen molar-refractivity contribution >= 4 is 17.6 Å². The minimum Gasteiger partial charge on any atom is -0.393 e. The van der Waals surface area contributed by atoms with Crippen LogP contribution in [0.4, 0.5) is 5.82 Å². The molecule has 8 heteroatoms. The summed E-state index contributed by atoms with van der Waals surface area (Å²) >= 11 is 1.44. The van der Waals surface area contributed by atoms with Gasteiger partial charge in [-0.25, -0.2) is 4.79 Å². The second-order valence-electron chi connectivity index (χ2n) is 3.15. The van der Waals surface area contributed by atoms with Crippen molar-refractivity contribution in [3.8, 4) is 0 Å². The van der Waals surface area contributed by atoms with Crippen LogP contribution in [0.5, 0.6) is 0 Å². The molecule has 2 rings (SSSR count). The fourth-order valence-electron chi connectivity index (χ4n) is 1.38. The second kappa shape index (κ2) is 4.83. The highest BCUT2D eigenvalue weighted by molar-refractivity contribution is 8.00. The van der Waals surface area contributed by atoms with E-state index in [1.54, 1.807) is 5.48 Å². The van der Waals surface area contributed by atoms with E-state index in [2.05, 4.69) is 4.98 Å². The first kappa shape index (κ1) is 11.4. The Morgan fingerprint density at radius 3 is 3.12 bits per heavy atom. The van der Waals surface area contributed by atoms with Crippen LogP contribution < -0.4 is 11.2 Å². The van der Waals surface area contributed by atoms with Crippen LogP contribution in [0.2, 0.25) is 0 Å². The number of rotatable bonds is 3. The van der Waals surface area contributed by atoms with Crippen LogP contribution in [-0.2, 0) is 4.74 Å². The van der Waals surface area contributed by atoms with Crippen LogP contribution in [0.3, 0.4) is 0 Å². The predicted octanol–water partition coefficient (Wildman–Crippen LogP) is -0.375. The molecule has 1 aromatic rings. The first-order valence-corrected chi connectivity index (χ1v) is 5.66. The van der Waals surface area contributed by atoms with Crippen molar-refractivity contribution in [3.05, 3.63) is 22.7 Å². The Kier molecular flexibility index (Phi) is 3.44. The van der Waals surface area contributed by atoms with Crippen molar-refractivity contribution in [2.75, 3.05) is 17.8 Å². The summed E-state index contributed by atoms with van der Waals surface area (Å²) in [6.45, 7) is -0.0837. The quantitative estimate of drug-likeness (QED) is 0.625. The third-order valence-corrected chi connectivity index (χ3v) is 3.25. The lowest BCUT2D eigenvalue weighted by atomic mass is 10.5. The Balaban J connectivity index is 2.19. The van der Waals surface area contributed by atoms with Gasteiger partial charge in [0.1, 0.15) is 11.7 Å². The van der Waals surface area contributed by atoms with Gasteiger partial charge in [-0.15, -0.1) is 11.8 Å². The third kappa shape index (κ3) is 2.19. The number of anilines is 1. The molecule has 1 aromatic heterocycles. The average molecular weight is 245 g/mol. The number of ether oxygens (including phenoxy) is 1. The number of aliphatic hydroxyl groups excluding tert-OH is 1. The van der Waals surface area contributed by atoms with E-state index in [1.807, 2.05) is 0 Å². The van der Waals surface area contributed by atoms with Gasteiger partial charge < -0.3 is 9.84 Å². The molecule has 0 saturated carbocycles. The van der Waals surface area contributed by atoms with Gasteiger partial charge in [0.05, 0.1) is 6.61 Å². The molecule has 0 radical (unpaired) electrons. The molecule has 0 spiro atoms. The lowest BCUT2D eigenvalue weighted by molar-refractivity contribution is -0.00631. The molecule has 1 aliphatic rings. The highest BCUT2D eigenvalue weighted by Gasteiger charge is 2.27. The second-order valence-corrected chi connectivity index (χ2v) is 4.34. The number of hydrogen-bond acceptors (Lipinski definition) is 7. The number of hydrogen-bond donors (Lipinski definition) is 3. The summed E-state index contributed by atoms with van der Waals surface area (Å²) in [5.74, 6) is 0.671. The number of thioether (sulfide) groups is 1. The van der Waals surface area contributed by atoms with Crippen molar-refractivity contribution < 1.29 is 15.1 Å². The zero-order valence-electron chi connectivity index (χ0n) is 8.24. The van der Waals surface area contributed by atoms with Gasteiger partial charge in [-0.3, -0.25) is 15.3 Å². The highest BCUT2D eigenvalue weighted by Crippen LogP contribution is 2.30. The van der Waals surface area contributed by atoms with E-state index in [9.17, 15) is 4.79 Å². The van der Waals surface area contributed by atoms with Crippen molar-refractivity contribution in [1.29, 1.82) is 0 Å². The van der Waals surface area contributed by atoms with Crippen molar-refractivity contribution in [1.82, 2.24) is 9.55 Å². The Bertz CT molecular complexity index is 424.